The van der Waals surface area contributed by atoms with E-state index in [1.165, 1.54) is 53.7 Å². The van der Waals surface area contributed by atoms with Crippen LogP contribution in [0.4, 0.5) is 28.4 Å². The van der Waals surface area contributed by atoms with Crippen LogP contribution in [-0.4, -0.2) is 106 Å². The lowest BCUT2D eigenvalue weighted by Crippen LogP contribution is -2.49. The van der Waals surface area contributed by atoms with E-state index in [9.17, 15) is 0 Å². The molecule has 8 rings (SSSR count). The summed E-state index contributed by atoms with van der Waals surface area (Å²) >= 11 is 0. The van der Waals surface area contributed by atoms with Gasteiger partial charge in [0, 0.05) is 62.9 Å². The molecular weight excluding hydrogens is 869 g/mol. The average Bonchev–Trinajstić information content (AvgIpc) is 3.38. The highest BCUT2D eigenvalue weighted by Crippen LogP contribution is 2.15. The summed E-state index contributed by atoms with van der Waals surface area (Å²) in [5.41, 5.74) is 37.7. The molecular formula is C56H84N14. The van der Waals surface area contributed by atoms with Gasteiger partial charge in [-0.1, -0.05) is 88.5 Å². The van der Waals surface area contributed by atoms with Gasteiger partial charge in [-0.15, -0.1) is 0 Å². The molecule has 5 aromatic rings. The smallest absolute Gasteiger partial charge is 0.198 e. The van der Waals surface area contributed by atoms with Crippen LogP contribution in [0.25, 0.3) is 0 Å². The fraction of sp³-hybridized carbons (Fsp3) is 0.411. The van der Waals surface area contributed by atoms with Gasteiger partial charge in [-0.2, -0.15) is 9.98 Å². The number of benzene rings is 5. The van der Waals surface area contributed by atoms with Crippen molar-refractivity contribution in [2.45, 2.75) is 73.1 Å². The van der Waals surface area contributed by atoms with Crippen molar-refractivity contribution in [3.05, 3.63) is 149 Å². The SMILES string of the molecule is C1CN=C2NCCCN2C1.Cc1ccc(N)cc1.Cc1ccc(N)cc1.Cc1ccc(N=C=Nc2ccc(C)cc2)cc1.Cc1ccc(NC2=NCCCN2CCCN)cc1.NCCCNCCCN. The lowest BCUT2D eigenvalue weighted by atomic mass is 10.2. The molecule has 0 spiro atoms. The molecule has 0 atom stereocenters. The Bertz CT molecular complexity index is 2090. The Kier molecular flexibility index (Phi) is 29.3. The predicted molar refractivity (Wildman–Crippen MR) is 301 cm³/mol. The third kappa shape index (κ3) is 26.3. The van der Waals surface area contributed by atoms with Crippen molar-refractivity contribution in [2.75, 3.05) is 95.3 Å². The van der Waals surface area contributed by atoms with Gasteiger partial charge in [-0.05, 0) is 167 Å². The summed E-state index contributed by atoms with van der Waals surface area (Å²) in [6.07, 6.45) is 6.75. The van der Waals surface area contributed by atoms with Gasteiger partial charge in [-0.25, -0.2) is 0 Å². The number of hydrogen-bond acceptors (Lipinski definition) is 14. The maximum atomic E-state index is 5.57. The number of hydrogen-bond donors (Lipinski definition) is 8. The molecule has 3 aliphatic rings. The van der Waals surface area contributed by atoms with Crippen molar-refractivity contribution in [1.82, 2.24) is 20.4 Å². The second kappa shape index (κ2) is 35.6. The lowest BCUT2D eigenvalue weighted by molar-refractivity contribution is 0.346. The quantitative estimate of drug-likeness (QED) is 0.0338. The van der Waals surface area contributed by atoms with Crippen molar-refractivity contribution in [3.63, 3.8) is 0 Å². The molecule has 70 heavy (non-hydrogen) atoms. The van der Waals surface area contributed by atoms with E-state index >= 15 is 0 Å². The zero-order chi connectivity index (χ0) is 50.6. The molecule has 0 unspecified atom stereocenters. The normalized spacial score (nSPS) is 13.2. The topological polar surface area (TPSA) is 222 Å². The van der Waals surface area contributed by atoms with Crippen LogP contribution >= 0.6 is 0 Å². The second-order valence-corrected chi connectivity index (χ2v) is 17.4. The molecule has 5 aromatic carbocycles. The summed E-state index contributed by atoms with van der Waals surface area (Å²) in [6, 6.07) is 42.6. The highest BCUT2D eigenvalue weighted by Gasteiger charge is 2.17. The zero-order valence-corrected chi connectivity index (χ0v) is 42.8. The summed E-state index contributed by atoms with van der Waals surface area (Å²) in [7, 11) is 0. The number of nitrogens with zero attached hydrogens (tertiary/aromatic N) is 6. The van der Waals surface area contributed by atoms with Crippen molar-refractivity contribution in [1.29, 1.82) is 0 Å². The van der Waals surface area contributed by atoms with Crippen molar-refractivity contribution in [2.24, 2.45) is 37.2 Å². The first kappa shape index (κ1) is 57.8. The summed E-state index contributed by atoms with van der Waals surface area (Å²) in [5.74, 6) is 2.12. The van der Waals surface area contributed by atoms with Crippen molar-refractivity contribution in [3.8, 4) is 0 Å². The molecule has 3 aliphatic heterocycles. The Morgan fingerprint density at radius 2 is 0.971 bits per heavy atom. The first-order chi connectivity index (χ1) is 34.0. The van der Waals surface area contributed by atoms with E-state index in [0.717, 1.165) is 131 Å². The first-order valence-corrected chi connectivity index (χ1v) is 24.9. The third-order valence-electron chi connectivity index (χ3n) is 10.8. The number of nitrogens with one attached hydrogen (secondary N) is 3. The Morgan fingerprint density at radius 3 is 1.43 bits per heavy atom. The lowest BCUT2D eigenvalue weighted by Gasteiger charge is -2.33. The van der Waals surface area contributed by atoms with E-state index in [1.54, 1.807) is 0 Å². The molecule has 3 heterocycles. The summed E-state index contributed by atoms with van der Waals surface area (Å²) < 4.78 is 0. The van der Waals surface area contributed by atoms with Gasteiger partial charge in [-0.3, -0.25) is 9.98 Å². The van der Waals surface area contributed by atoms with Crippen LogP contribution in [0.3, 0.4) is 0 Å². The molecule has 378 valence electrons. The highest BCUT2D eigenvalue weighted by atomic mass is 15.3. The van der Waals surface area contributed by atoms with Gasteiger partial charge < -0.3 is 54.4 Å². The van der Waals surface area contributed by atoms with Gasteiger partial charge in [0.2, 0.25) is 0 Å². The Labute approximate surface area is 420 Å². The number of fused-ring (bicyclic) bond motifs is 1. The van der Waals surface area contributed by atoms with Crippen LogP contribution in [0.5, 0.6) is 0 Å². The minimum Gasteiger partial charge on any atom is -0.399 e. The maximum absolute atomic E-state index is 5.57. The third-order valence-corrected chi connectivity index (χ3v) is 10.8. The molecule has 1 fully saturated rings. The Hall–Kier alpha value is -6.54. The van der Waals surface area contributed by atoms with Crippen LogP contribution in [0.2, 0.25) is 0 Å². The molecule has 14 heteroatoms. The molecule has 0 aliphatic carbocycles. The molecule has 0 radical (unpaired) electrons. The molecule has 0 aromatic heterocycles. The fourth-order valence-electron chi connectivity index (χ4n) is 6.64. The molecule has 13 N–H and O–H groups in total. The number of anilines is 3. The Balaban J connectivity index is 0.000000230. The minimum atomic E-state index is 0.730. The van der Waals surface area contributed by atoms with Gasteiger partial charge in [0.05, 0.1) is 11.4 Å². The number of nitrogen functional groups attached to an aromatic ring is 2. The van der Waals surface area contributed by atoms with Gasteiger partial charge >= 0.3 is 0 Å². The Morgan fingerprint density at radius 1 is 0.543 bits per heavy atom. The second-order valence-electron chi connectivity index (χ2n) is 17.4. The number of aryl methyl sites for hydroxylation is 5. The summed E-state index contributed by atoms with van der Waals surface area (Å²) in [4.78, 5) is 21.9. The number of nitrogens with two attached hydrogens (primary N) is 5. The highest BCUT2D eigenvalue weighted by molar-refractivity contribution is 5.94. The largest absolute Gasteiger partial charge is 0.399 e. The molecule has 0 amide bonds. The number of rotatable bonds is 12. The maximum Gasteiger partial charge on any atom is 0.198 e. The monoisotopic (exact) mass is 953 g/mol. The van der Waals surface area contributed by atoms with E-state index < -0.39 is 0 Å². The van der Waals surface area contributed by atoms with Crippen LogP contribution in [0.1, 0.15) is 66.3 Å². The van der Waals surface area contributed by atoms with E-state index in [2.05, 4.69) is 82.9 Å². The van der Waals surface area contributed by atoms with Gasteiger partial charge in [0.15, 0.2) is 11.9 Å². The van der Waals surface area contributed by atoms with Gasteiger partial charge in [0.25, 0.3) is 0 Å². The van der Waals surface area contributed by atoms with E-state index in [4.69, 9.17) is 28.7 Å². The van der Waals surface area contributed by atoms with Crippen LogP contribution in [-0.2, 0) is 0 Å². The van der Waals surface area contributed by atoms with E-state index in [-0.39, 0.29) is 0 Å². The van der Waals surface area contributed by atoms with E-state index in [1.807, 2.05) is 125 Å². The first-order valence-electron chi connectivity index (χ1n) is 24.9. The van der Waals surface area contributed by atoms with Crippen molar-refractivity contribution < 1.29 is 0 Å². The minimum absolute atomic E-state index is 0.730. The molecule has 0 saturated carbocycles. The number of aliphatic imine (C=N–C) groups is 4. The molecule has 14 nitrogen and oxygen atoms in total. The standard InChI is InChI=1S/C15H14N2.C14H22N4.C7H13N3.2C7H9N.C6H17N3/c1-12-3-7-14(8-4-12)16-11-17-15-9-5-13(2)6-10-15;1-12-4-6-13(7-5-12)17-14-16-9-3-11-18(14)10-2-8-15;1-3-8-7-9-4-2-6-10(7)5-1;2*1-6-2-4-7(8)5-3-6;7-3-1-5-9-6-2-4-8/h3-10H,1-2H3;4-7H,2-3,8-11,15H2,1H3,(H,16,17);1-6H2,(H,8,9);2*2-5H,8H2,1H3;9H,1-8H2. The summed E-state index contributed by atoms with van der Waals surface area (Å²) in [6.45, 7) is 22.1. The predicted octanol–water partition coefficient (Wildman–Crippen LogP) is 8.73. The number of guanidine groups is 2. The van der Waals surface area contributed by atoms with Crippen LogP contribution in [0, 0.1) is 34.6 Å². The zero-order valence-electron chi connectivity index (χ0n) is 42.8. The van der Waals surface area contributed by atoms with Gasteiger partial charge in [0.1, 0.15) is 6.01 Å². The fourth-order valence-corrected chi connectivity index (χ4v) is 6.64. The average molecular weight is 953 g/mol. The van der Waals surface area contributed by atoms with Crippen LogP contribution < -0.4 is 44.6 Å². The molecule has 1 saturated heterocycles. The van der Waals surface area contributed by atoms with E-state index in [0.29, 0.717) is 0 Å². The van der Waals surface area contributed by atoms with Crippen molar-refractivity contribution >= 4 is 46.4 Å². The summed E-state index contributed by atoms with van der Waals surface area (Å²) in [5, 5.41) is 9.93. The molecule has 0 bridgehead atoms. The van der Waals surface area contributed by atoms with Crippen LogP contribution in [0.15, 0.2) is 141 Å².